The minimum Gasteiger partial charge on any atom is -0.494 e. The van der Waals surface area contributed by atoms with E-state index in [0.29, 0.717) is 24.1 Å². The molecule has 128 valence electrons. The first-order valence-corrected chi connectivity index (χ1v) is 8.65. The fraction of sp³-hybridized carbons (Fsp3) is 0.632. The predicted molar refractivity (Wildman–Crippen MR) is 91.9 cm³/mol. The van der Waals surface area contributed by atoms with Crippen molar-refractivity contribution in [3.63, 3.8) is 0 Å². The summed E-state index contributed by atoms with van der Waals surface area (Å²) >= 11 is 0. The quantitative estimate of drug-likeness (QED) is 0.591. The minimum atomic E-state index is -0.237. The van der Waals surface area contributed by atoms with E-state index in [-0.39, 0.29) is 12.1 Å². The molecule has 0 unspecified atom stereocenters. The Balaban J connectivity index is 1.90. The molecule has 1 heterocycles. The number of benzene rings is 1. The summed E-state index contributed by atoms with van der Waals surface area (Å²) in [6.45, 7) is 8.13. The summed E-state index contributed by atoms with van der Waals surface area (Å²) in [6.07, 6.45) is 3.03. The minimum absolute atomic E-state index is 0.00539. The summed E-state index contributed by atoms with van der Waals surface area (Å²) in [5, 5.41) is 0. The number of nitrogens with zero attached hydrogens (tertiary/aromatic N) is 1. The number of piperidine rings is 1. The summed E-state index contributed by atoms with van der Waals surface area (Å²) in [5.41, 5.74) is 0.589. The Kier molecular flexibility index (Phi) is 6.46. The normalized spacial score (nSPS) is 25.1. The second-order valence-electron chi connectivity index (χ2n) is 6.67. The average Bonchev–Trinajstić information content (AvgIpc) is 2.53. The van der Waals surface area contributed by atoms with Crippen LogP contribution >= 0.6 is 0 Å². The highest BCUT2D eigenvalue weighted by molar-refractivity contribution is 5.89. The van der Waals surface area contributed by atoms with Crippen LogP contribution < -0.4 is 4.74 Å². The van der Waals surface area contributed by atoms with Crippen molar-refractivity contribution >= 4 is 5.97 Å². The van der Waals surface area contributed by atoms with Crippen molar-refractivity contribution in [2.24, 2.45) is 5.92 Å². The van der Waals surface area contributed by atoms with Crippen molar-refractivity contribution in [1.82, 2.24) is 4.90 Å². The number of carbonyl (C=O) groups is 1. The van der Waals surface area contributed by atoms with Crippen LogP contribution in [-0.2, 0) is 4.74 Å². The molecule has 0 amide bonds. The van der Waals surface area contributed by atoms with Gasteiger partial charge >= 0.3 is 5.97 Å². The van der Waals surface area contributed by atoms with Gasteiger partial charge in [0.1, 0.15) is 11.9 Å². The van der Waals surface area contributed by atoms with Gasteiger partial charge in [0.15, 0.2) is 0 Å². The van der Waals surface area contributed by atoms with Crippen LogP contribution in [0.4, 0.5) is 0 Å². The van der Waals surface area contributed by atoms with E-state index in [0.717, 1.165) is 31.6 Å². The molecule has 3 atom stereocenters. The van der Waals surface area contributed by atoms with Crippen LogP contribution in [0.5, 0.6) is 5.75 Å². The maximum atomic E-state index is 12.3. The van der Waals surface area contributed by atoms with Gasteiger partial charge in [0, 0.05) is 18.5 Å². The number of unbranched alkanes of at least 4 members (excludes halogenated alkanes) is 1. The number of rotatable bonds is 6. The van der Waals surface area contributed by atoms with Crippen molar-refractivity contribution in [1.29, 1.82) is 0 Å². The molecular formula is C19H29NO3. The molecule has 2 rings (SSSR count). The first kappa shape index (κ1) is 17.8. The fourth-order valence-electron chi connectivity index (χ4n) is 2.89. The standard InChI is InChI=1S/C19H29NO3/c1-5-6-11-22-17-9-7-16(8-10-17)19(21)23-18-12-15(3)20(4)13-14(18)2/h7-10,14-15,18H,5-6,11-13H2,1-4H3/t14-,15+,18-/m1/s1. The Hall–Kier alpha value is -1.55. The second kappa shape index (κ2) is 8.34. The van der Waals surface area contributed by atoms with E-state index >= 15 is 0 Å². The van der Waals surface area contributed by atoms with Crippen LogP contribution in [0.25, 0.3) is 0 Å². The van der Waals surface area contributed by atoms with E-state index in [1.54, 1.807) is 12.1 Å². The van der Waals surface area contributed by atoms with E-state index < -0.39 is 0 Å². The predicted octanol–water partition coefficient (Wildman–Crippen LogP) is 3.75. The number of esters is 1. The lowest BCUT2D eigenvalue weighted by atomic mass is 9.92. The van der Waals surface area contributed by atoms with Gasteiger partial charge in [-0.1, -0.05) is 20.3 Å². The van der Waals surface area contributed by atoms with Crippen molar-refractivity contribution in [2.45, 2.75) is 52.2 Å². The monoisotopic (exact) mass is 319 g/mol. The van der Waals surface area contributed by atoms with Crippen molar-refractivity contribution in [2.75, 3.05) is 20.2 Å². The lowest BCUT2D eigenvalue weighted by Crippen LogP contribution is -2.46. The van der Waals surface area contributed by atoms with E-state index in [1.165, 1.54) is 0 Å². The van der Waals surface area contributed by atoms with Crippen LogP contribution in [0.3, 0.4) is 0 Å². The SMILES string of the molecule is CCCCOc1ccc(C(=O)O[C@@H]2C[C@H](C)N(C)C[C@H]2C)cc1. The second-order valence-corrected chi connectivity index (χ2v) is 6.67. The molecule has 1 aliphatic rings. The highest BCUT2D eigenvalue weighted by Gasteiger charge is 2.31. The zero-order chi connectivity index (χ0) is 16.8. The highest BCUT2D eigenvalue weighted by atomic mass is 16.5. The van der Waals surface area contributed by atoms with E-state index in [2.05, 4.69) is 32.7 Å². The Labute approximate surface area is 139 Å². The van der Waals surface area contributed by atoms with Crippen LogP contribution in [0, 0.1) is 5.92 Å². The van der Waals surface area contributed by atoms with Gasteiger partial charge in [0.05, 0.1) is 12.2 Å². The van der Waals surface area contributed by atoms with Gasteiger partial charge in [-0.15, -0.1) is 0 Å². The van der Waals surface area contributed by atoms with Crippen molar-refractivity contribution < 1.29 is 14.3 Å². The molecule has 23 heavy (non-hydrogen) atoms. The fourth-order valence-corrected chi connectivity index (χ4v) is 2.89. The number of hydrogen-bond acceptors (Lipinski definition) is 4. The number of carbonyl (C=O) groups excluding carboxylic acids is 1. The van der Waals surface area contributed by atoms with Gasteiger partial charge in [-0.05, 0) is 51.1 Å². The summed E-state index contributed by atoms with van der Waals surface area (Å²) in [5.74, 6) is 0.923. The molecule has 4 nitrogen and oxygen atoms in total. The van der Waals surface area contributed by atoms with Crippen molar-refractivity contribution in [3.8, 4) is 5.75 Å². The summed E-state index contributed by atoms with van der Waals surface area (Å²) in [7, 11) is 2.12. The van der Waals surface area contributed by atoms with Crippen molar-refractivity contribution in [3.05, 3.63) is 29.8 Å². The van der Waals surface area contributed by atoms with Crippen LogP contribution in [0.1, 0.15) is 50.4 Å². The van der Waals surface area contributed by atoms with E-state index in [1.807, 2.05) is 12.1 Å². The van der Waals surface area contributed by atoms with E-state index in [4.69, 9.17) is 9.47 Å². The molecular weight excluding hydrogens is 290 g/mol. The third-order valence-electron chi connectivity index (χ3n) is 4.65. The lowest BCUT2D eigenvalue weighted by molar-refractivity contribution is -0.0196. The first-order valence-electron chi connectivity index (χ1n) is 8.65. The van der Waals surface area contributed by atoms with E-state index in [9.17, 15) is 4.79 Å². The summed E-state index contributed by atoms with van der Waals surface area (Å²) in [6, 6.07) is 7.69. The molecule has 1 aromatic carbocycles. The third kappa shape index (κ3) is 4.96. The molecule has 0 aromatic heterocycles. The van der Waals surface area contributed by atoms with Gasteiger partial charge < -0.3 is 14.4 Å². The zero-order valence-electron chi connectivity index (χ0n) is 14.7. The summed E-state index contributed by atoms with van der Waals surface area (Å²) < 4.78 is 11.4. The number of likely N-dealkylation sites (tertiary alicyclic amines) is 1. The molecule has 0 radical (unpaired) electrons. The third-order valence-corrected chi connectivity index (χ3v) is 4.65. The summed E-state index contributed by atoms with van der Waals surface area (Å²) in [4.78, 5) is 14.7. The van der Waals surface area contributed by atoms with Crippen LogP contribution in [0.15, 0.2) is 24.3 Å². The highest BCUT2D eigenvalue weighted by Crippen LogP contribution is 2.24. The van der Waals surface area contributed by atoms with Gasteiger partial charge in [-0.3, -0.25) is 0 Å². The molecule has 0 N–H and O–H groups in total. The first-order chi connectivity index (χ1) is 11.0. The molecule has 0 bridgehead atoms. The Bertz CT molecular complexity index is 500. The Morgan fingerprint density at radius 1 is 1.26 bits per heavy atom. The number of hydrogen-bond donors (Lipinski definition) is 0. The van der Waals surface area contributed by atoms with Crippen LogP contribution in [0.2, 0.25) is 0 Å². The zero-order valence-corrected chi connectivity index (χ0v) is 14.7. The Morgan fingerprint density at radius 3 is 2.61 bits per heavy atom. The lowest BCUT2D eigenvalue weighted by Gasteiger charge is -2.39. The average molecular weight is 319 g/mol. The topological polar surface area (TPSA) is 38.8 Å². The molecule has 4 heteroatoms. The van der Waals surface area contributed by atoms with Gasteiger partial charge in [-0.25, -0.2) is 4.79 Å². The van der Waals surface area contributed by atoms with Gasteiger partial charge in [0.25, 0.3) is 0 Å². The van der Waals surface area contributed by atoms with Gasteiger partial charge in [-0.2, -0.15) is 0 Å². The smallest absolute Gasteiger partial charge is 0.338 e. The largest absolute Gasteiger partial charge is 0.494 e. The maximum Gasteiger partial charge on any atom is 0.338 e. The number of ether oxygens (including phenoxy) is 2. The molecule has 1 aliphatic heterocycles. The molecule has 1 fully saturated rings. The Morgan fingerprint density at radius 2 is 1.96 bits per heavy atom. The molecule has 0 aliphatic carbocycles. The molecule has 0 saturated carbocycles. The maximum absolute atomic E-state index is 12.3. The van der Waals surface area contributed by atoms with Crippen LogP contribution in [-0.4, -0.2) is 43.2 Å². The molecule has 0 spiro atoms. The molecule has 1 aromatic rings. The van der Waals surface area contributed by atoms with Gasteiger partial charge in [0.2, 0.25) is 0 Å². The molecule has 1 saturated heterocycles.